The summed E-state index contributed by atoms with van der Waals surface area (Å²) in [6.07, 6.45) is 0. The van der Waals surface area contributed by atoms with Gasteiger partial charge in [-0.05, 0) is 25.5 Å². The molecule has 0 aliphatic rings. The van der Waals surface area contributed by atoms with E-state index in [1.54, 1.807) is 6.92 Å². The highest BCUT2D eigenvalue weighted by atomic mass is 16.6. The Hall–Kier alpha value is -2.11. The molecule has 0 saturated carbocycles. The first-order chi connectivity index (χ1) is 6.86. The Kier molecular flexibility index (Phi) is 2.61. The highest BCUT2D eigenvalue weighted by Crippen LogP contribution is 2.35. The van der Waals surface area contributed by atoms with E-state index in [0.29, 0.717) is 5.56 Å². The van der Waals surface area contributed by atoms with Crippen LogP contribution in [-0.4, -0.2) is 21.1 Å². The van der Waals surface area contributed by atoms with E-state index in [2.05, 4.69) is 0 Å². The summed E-state index contributed by atoms with van der Waals surface area (Å²) in [4.78, 5) is 20.5. The third kappa shape index (κ3) is 1.74. The third-order valence-corrected chi connectivity index (χ3v) is 2.20. The number of nitrogens with zero attached hydrogens (tertiary/aromatic N) is 1. The second kappa shape index (κ2) is 3.56. The van der Waals surface area contributed by atoms with Crippen molar-refractivity contribution in [3.8, 4) is 5.75 Å². The Morgan fingerprint density at radius 3 is 2.40 bits per heavy atom. The molecule has 0 bridgehead atoms. The van der Waals surface area contributed by atoms with E-state index in [1.807, 2.05) is 0 Å². The number of hydrogen-bond donors (Lipinski definition) is 2. The predicted octanol–water partition coefficient (Wildman–Crippen LogP) is 1.62. The fraction of sp³-hybridized carbons (Fsp3) is 0.222. The van der Waals surface area contributed by atoms with Crippen molar-refractivity contribution >= 4 is 11.7 Å². The summed E-state index contributed by atoms with van der Waals surface area (Å²) in [5.74, 6) is -2.19. The minimum atomic E-state index is -1.39. The molecule has 0 atom stereocenters. The van der Waals surface area contributed by atoms with E-state index >= 15 is 0 Å². The van der Waals surface area contributed by atoms with Crippen molar-refractivity contribution in [3.63, 3.8) is 0 Å². The maximum absolute atomic E-state index is 10.7. The maximum atomic E-state index is 10.7. The van der Waals surface area contributed by atoms with Gasteiger partial charge in [0.25, 0.3) is 0 Å². The first-order valence-corrected chi connectivity index (χ1v) is 4.07. The first-order valence-electron chi connectivity index (χ1n) is 4.07. The van der Waals surface area contributed by atoms with Crippen molar-refractivity contribution in [1.82, 2.24) is 0 Å². The fourth-order valence-corrected chi connectivity index (χ4v) is 1.27. The number of rotatable bonds is 2. The maximum Gasteiger partial charge on any atom is 0.339 e. The molecule has 0 aromatic heterocycles. The van der Waals surface area contributed by atoms with Crippen LogP contribution in [0.2, 0.25) is 0 Å². The molecule has 0 saturated heterocycles. The van der Waals surface area contributed by atoms with Crippen molar-refractivity contribution in [1.29, 1.82) is 0 Å². The molecule has 0 aliphatic heterocycles. The van der Waals surface area contributed by atoms with Crippen LogP contribution in [0.4, 0.5) is 5.69 Å². The number of benzene rings is 1. The molecule has 2 N–H and O–H groups in total. The van der Waals surface area contributed by atoms with E-state index < -0.39 is 27.9 Å². The Bertz CT molecular complexity index is 452. The number of carbonyl (C=O) groups is 1. The van der Waals surface area contributed by atoms with Gasteiger partial charge in [0, 0.05) is 5.56 Å². The summed E-state index contributed by atoms with van der Waals surface area (Å²) < 4.78 is 0. The lowest BCUT2D eigenvalue weighted by Crippen LogP contribution is -2.03. The molecule has 15 heavy (non-hydrogen) atoms. The van der Waals surface area contributed by atoms with E-state index in [0.717, 1.165) is 0 Å². The zero-order chi connectivity index (χ0) is 11.7. The molecule has 6 heteroatoms. The third-order valence-electron chi connectivity index (χ3n) is 2.20. The highest BCUT2D eigenvalue weighted by molar-refractivity contribution is 5.93. The number of carboxylic acids is 1. The van der Waals surface area contributed by atoms with Crippen LogP contribution >= 0.6 is 0 Å². The molecular weight excluding hydrogens is 202 g/mol. The van der Waals surface area contributed by atoms with Gasteiger partial charge >= 0.3 is 11.7 Å². The SMILES string of the molecule is Cc1cc(C(=O)O)c(O)c([N+](=O)[O-])c1C. The molecule has 80 valence electrons. The van der Waals surface area contributed by atoms with Crippen LogP contribution in [0.5, 0.6) is 5.75 Å². The highest BCUT2D eigenvalue weighted by Gasteiger charge is 2.25. The van der Waals surface area contributed by atoms with Crippen LogP contribution < -0.4 is 0 Å². The Labute approximate surface area is 84.9 Å². The summed E-state index contributed by atoms with van der Waals surface area (Å²) in [7, 11) is 0. The molecule has 1 rings (SSSR count). The molecule has 6 nitrogen and oxygen atoms in total. The van der Waals surface area contributed by atoms with Gasteiger partial charge in [0.2, 0.25) is 5.75 Å². The lowest BCUT2D eigenvalue weighted by atomic mass is 10.0. The predicted molar refractivity (Wildman–Crippen MR) is 51.2 cm³/mol. The average Bonchev–Trinajstić information content (AvgIpc) is 2.10. The average molecular weight is 211 g/mol. The minimum Gasteiger partial charge on any atom is -0.501 e. The molecular formula is C9H9NO5. The summed E-state index contributed by atoms with van der Waals surface area (Å²) in [5, 5.41) is 28.7. The molecule has 0 amide bonds. The molecule has 0 spiro atoms. The van der Waals surface area contributed by atoms with Crippen molar-refractivity contribution in [2.24, 2.45) is 0 Å². The lowest BCUT2D eigenvalue weighted by molar-refractivity contribution is -0.386. The van der Waals surface area contributed by atoms with Gasteiger partial charge in [0.05, 0.1) is 4.92 Å². The quantitative estimate of drug-likeness (QED) is 0.571. The van der Waals surface area contributed by atoms with Crippen LogP contribution in [0.15, 0.2) is 6.07 Å². The summed E-state index contributed by atoms with van der Waals surface area (Å²) in [6, 6.07) is 1.21. The monoisotopic (exact) mass is 211 g/mol. The summed E-state index contributed by atoms with van der Waals surface area (Å²) >= 11 is 0. The van der Waals surface area contributed by atoms with Crippen LogP contribution in [0.1, 0.15) is 21.5 Å². The van der Waals surface area contributed by atoms with Gasteiger partial charge in [-0.2, -0.15) is 0 Å². The summed E-state index contributed by atoms with van der Waals surface area (Å²) in [5.41, 5.74) is -0.281. The topological polar surface area (TPSA) is 101 Å². The standard InChI is InChI=1S/C9H9NO5/c1-4-3-6(9(12)13)8(11)7(5(4)2)10(14)15/h3,11H,1-2H3,(H,12,13). The number of phenols is 1. The second-order valence-corrected chi connectivity index (χ2v) is 3.13. The van der Waals surface area contributed by atoms with Crippen LogP contribution in [-0.2, 0) is 0 Å². The second-order valence-electron chi connectivity index (χ2n) is 3.13. The van der Waals surface area contributed by atoms with Crippen molar-refractivity contribution in [2.45, 2.75) is 13.8 Å². The first kappa shape index (κ1) is 11.0. The molecule has 1 aromatic carbocycles. The van der Waals surface area contributed by atoms with E-state index in [4.69, 9.17) is 5.11 Å². The Morgan fingerprint density at radius 1 is 1.47 bits per heavy atom. The van der Waals surface area contributed by atoms with Gasteiger partial charge in [-0.15, -0.1) is 0 Å². The molecule has 0 radical (unpaired) electrons. The van der Waals surface area contributed by atoms with Crippen molar-refractivity contribution in [3.05, 3.63) is 32.9 Å². The number of aromatic carboxylic acids is 1. The van der Waals surface area contributed by atoms with Crippen molar-refractivity contribution < 1.29 is 19.9 Å². The number of carboxylic acid groups (broad SMARTS) is 1. The van der Waals surface area contributed by atoms with E-state index in [9.17, 15) is 20.0 Å². The summed E-state index contributed by atoms with van der Waals surface area (Å²) in [6.45, 7) is 3.01. The van der Waals surface area contributed by atoms with Gasteiger partial charge in [0.15, 0.2) is 0 Å². The number of aryl methyl sites for hydroxylation is 1. The van der Waals surface area contributed by atoms with Crippen LogP contribution in [0.3, 0.4) is 0 Å². The zero-order valence-corrected chi connectivity index (χ0v) is 8.14. The Morgan fingerprint density at radius 2 is 2.00 bits per heavy atom. The van der Waals surface area contributed by atoms with Crippen LogP contribution in [0, 0.1) is 24.0 Å². The van der Waals surface area contributed by atoms with E-state index in [1.165, 1.54) is 13.0 Å². The molecule has 0 heterocycles. The number of nitro groups is 1. The smallest absolute Gasteiger partial charge is 0.339 e. The molecule has 0 unspecified atom stereocenters. The normalized spacial score (nSPS) is 10.0. The van der Waals surface area contributed by atoms with Crippen LogP contribution in [0.25, 0.3) is 0 Å². The molecule has 0 fully saturated rings. The molecule has 1 aromatic rings. The molecule has 0 aliphatic carbocycles. The van der Waals surface area contributed by atoms with Gasteiger partial charge in [-0.3, -0.25) is 10.1 Å². The van der Waals surface area contributed by atoms with Gasteiger partial charge in [0.1, 0.15) is 5.56 Å². The Balaban J connectivity index is 3.63. The van der Waals surface area contributed by atoms with Gasteiger partial charge in [-0.1, -0.05) is 0 Å². The van der Waals surface area contributed by atoms with E-state index in [-0.39, 0.29) is 5.56 Å². The van der Waals surface area contributed by atoms with Gasteiger partial charge in [-0.25, -0.2) is 4.79 Å². The zero-order valence-electron chi connectivity index (χ0n) is 8.14. The number of hydrogen-bond acceptors (Lipinski definition) is 4. The minimum absolute atomic E-state index is 0.266. The number of nitro benzene ring substituents is 1. The van der Waals surface area contributed by atoms with Gasteiger partial charge < -0.3 is 10.2 Å². The lowest BCUT2D eigenvalue weighted by Gasteiger charge is -2.06. The largest absolute Gasteiger partial charge is 0.501 e. The number of aromatic hydroxyl groups is 1. The fourth-order valence-electron chi connectivity index (χ4n) is 1.27. The van der Waals surface area contributed by atoms with Crippen molar-refractivity contribution in [2.75, 3.05) is 0 Å².